The Kier molecular flexibility index (Phi) is 5.37. The van der Waals surface area contributed by atoms with Crippen molar-refractivity contribution in [3.8, 4) is 0 Å². The molecule has 98 valence electrons. The Labute approximate surface area is 114 Å². The molecule has 0 aromatic carbocycles. The molecule has 1 aromatic heterocycles. The highest BCUT2D eigenvalue weighted by molar-refractivity contribution is 6.33. The summed E-state index contributed by atoms with van der Waals surface area (Å²) in [7, 11) is 0. The average molecular weight is 291 g/mol. The number of hydrogen-bond donors (Lipinski definition) is 2. The van der Waals surface area contributed by atoms with Gasteiger partial charge in [-0.3, -0.25) is 9.59 Å². The summed E-state index contributed by atoms with van der Waals surface area (Å²) in [5.41, 5.74) is 0.254. The Bertz CT molecular complexity index is 445. The van der Waals surface area contributed by atoms with Crippen LogP contribution in [0.5, 0.6) is 0 Å². The summed E-state index contributed by atoms with van der Waals surface area (Å²) < 4.78 is 0. The van der Waals surface area contributed by atoms with Crippen molar-refractivity contribution in [1.82, 2.24) is 10.3 Å². The molecule has 1 amide bonds. The largest absolute Gasteiger partial charge is 0.481 e. The molecule has 0 bridgehead atoms. The lowest BCUT2D eigenvalue weighted by Crippen LogP contribution is -2.36. The van der Waals surface area contributed by atoms with Gasteiger partial charge in [0.05, 0.1) is 6.42 Å². The van der Waals surface area contributed by atoms with E-state index in [-0.39, 0.29) is 22.3 Å². The maximum Gasteiger partial charge on any atom is 0.305 e. The number of nitrogens with zero attached hydrogens (tertiary/aromatic N) is 1. The van der Waals surface area contributed by atoms with Crippen LogP contribution < -0.4 is 5.32 Å². The van der Waals surface area contributed by atoms with E-state index >= 15 is 0 Å². The molecule has 0 radical (unpaired) electrons. The second-order valence-corrected chi connectivity index (χ2v) is 4.45. The molecular weight excluding hydrogens is 279 g/mol. The van der Waals surface area contributed by atoms with Crippen molar-refractivity contribution >= 4 is 35.1 Å². The van der Waals surface area contributed by atoms with Crippen LogP contribution in [0.1, 0.15) is 30.1 Å². The fraction of sp³-hybridized carbons (Fsp3) is 0.364. The number of carboxylic acids is 1. The summed E-state index contributed by atoms with van der Waals surface area (Å²) >= 11 is 11.4. The van der Waals surface area contributed by atoms with E-state index < -0.39 is 17.9 Å². The third kappa shape index (κ3) is 4.50. The molecule has 0 aliphatic rings. The molecule has 0 aliphatic heterocycles. The fourth-order valence-corrected chi connectivity index (χ4v) is 1.83. The molecule has 1 aromatic rings. The van der Waals surface area contributed by atoms with Crippen LogP contribution in [0, 0.1) is 0 Å². The lowest BCUT2D eigenvalue weighted by atomic mass is 10.1. The molecule has 1 rings (SSSR count). The lowest BCUT2D eigenvalue weighted by Gasteiger charge is -2.14. The van der Waals surface area contributed by atoms with Gasteiger partial charge in [-0.15, -0.1) is 0 Å². The number of rotatable bonds is 5. The van der Waals surface area contributed by atoms with Crippen LogP contribution in [0.3, 0.4) is 0 Å². The Hall–Kier alpha value is -1.33. The van der Waals surface area contributed by atoms with Crippen LogP contribution in [-0.4, -0.2) is 28.0 Å². The first kappa shape index (κ1) is 14.7. The van der Waals surface area contributed by atoms with Gasteiger partial charge in [-0.2, -0.15) is 0 Å². The van der Waals surface area contributed by atoms with Crippen LogP contribution in [-0.2, 0) is 4.79 Å². The van der Waals surface area contributed by atoms with E-state index in [9.17, 15) is 9.59 Å². The third-order valence-corrected chi connectivity index (χ3v) is 2.66. The molecule has 2 N–H and O–H groups in total. The Morgan fingerprint density at radius 2 is 1.94 bits per heavy atom. The number of carbonyl (C=O) groups excluding carboxylic acids is 1. The number of aliphatic carboxylic acids is 1. The van der Waals surface area contributed by atoms with Crippen LogP contribution in [0.4, 0.5) is 0 Å². The quantitative estimate of drug-likeness (QED) is 0.816. The summed E-state index contributed by atoms with van der Waals surface area (Å²) in [5.74, 6) is -1.39. The third-order valence-electron chi connectivity index (χ3n) is 2.27. The van der Waals surface area contributed by atoms with Gasteiger partial charge >= 0.3 is 5.97 Å². The predicted molar refractivity (Wildman–Crippen MR) is 68.1 cm³/mol. The van der Waals surface area contributed by atoms with E-state index in [4.69, 9.17) is 28.3 Å². The van der Waals surface area contributed by atoms with Crippen molar-refractivity contribution in [1.29, 1.82) is 0 Å². The molecule has 1 heterocycles. The molecule has 5 nitrogen and oxygen atoms in total. The molecule has 0 saturated heterocycles. The van der Waals surface area contributed by atoms with Crippen molar-refractivity contribution in [2.45, 2.75) is 25.8 Å². The van der Waals surface area contributed by atoms with Gasteiger partial charge in [0.2, 0.25) is 0 Å². The first-order valence-electron chi connectivity index (χ1n) is 5.28. The molecule has 1 unspecified atom stereocenters. The first-order valence-corrected chi connectivity index (χ1v) is 6.03. The minimum Gasteiger partial charge on any atom is -0.481 e. The van der Waals surface area contributed by atoms with E-state index in [2.05, 4.69) is 10.3 Å². The molecule has 18 heavy (non-hydrogen) atoms. The zero-order valence-corrected chi connectivity index (χ0v) is 11.1. The Morgan fingerprint density at radius 3 is 2.39 bits per heavy atom. The number of aromatic nitrogens is 1. The molecule has 0 fully saturated rings. The molecule has 0 spiro atoms. The van der Waals surface area contributed by atoms with Crippen LogP contribution >= 0.6 is 23.2 Å². The summed E-state index contributed by atoms with van der Waals surface area (Å²) in [5, 5.41) is 11.5. The van der Waals surface area contributed by atoms with E-state index in [0.717, 1.165) is 0 Å². The van der Waals surface area contributed by atoms with E-state index in [1.807, 2.05) is 0 Å². The number of nitrogens with one attached hydrogen (secondary N) is 1. The van der Waals surface area contributed by atoms with Gasteiger partial charge in [0.1, 0.15) is 10.3 Å². The number of carbonyl (C=O) groups is 2. The number of pyridine rings is 1. The van der Waals surface area contributed by atoms with Crippen LogP contribution in [0.2, 0.25) is 10.3 Å². The minimum atomic E-state index is -0.965. The highest BCUT2D eigenvalue weighted by Crippen LogP contribution is 2.15. The summed E-state index contributed by atoms with van der Waals surface area (Å²) in [6.07, 6.45) is 0.388. The molecule has 0 saturated carbocycles. The Morgan fingerprint density at radius 1 is 1.39 bits per heavy atom. The van der Waals surface area contributed by atoms with Gasteiger partial charge in [-0.05, 0) is 18.6 Å². The standard InChI is InChI=1S/C11H12Cl2N2O3/c1-2-7(5-10(16)17)14-11(18)6-3-8(12)15-9(13)4-6/h3-4,7H,2,5H2,1H3,(H,14,18)(H,16,17). The van der Waals surface area contributed by atoms with Gasteiger partial charge in [-0.1, -0.05) is 30.1 Å². The summed E-state index contributed by atoms with van der Waals surface area (Å²) in [4.78, 5) is 26.2. The topological polar surface area (TPSA) is 79.3 Å². The number of carboxylic acid groups (broad SMARTS) is 1. The predicted octanol–water partition coefficient (Wildman–Crippen LogP) is 2.37. The fourth-order valence-electron chi connectivity index (χ4n) is 1.37. The van der Waals surface area contributed by atoms with E-state index in [0.29, 0.717) is 6.42 Å². The smallest absolute Gasteiger partial charge is 0.305 e. The monoisotopic (exact) mass is 290 g/mol. The van der Waals surface area contributed by atoms with Gasteiger partial charge in [0.25, 0.3) is 5.91 Å². The van der Waals surface area contributed by atoms with Crippen LogP contribution in [0.15, 0.2) is 12.1 Å². The second-order valence-electron chi connectivity index (χ2n) is 3.68. The molecular formula is C11H12Cl2N2O3. The molecule has 0 aliphatic carbocycles. The zero-order chi connectivity index (χ0) is 13.7. The average Bonchev–Trinajstić information content (AvgIpc) is 2.26. The van der Waals surface area contributed by atoms with E-state index in [1.165, 1.54) is 12.1 Å². The zero-order valence-electron chi connectivity index (χ0n) is 9.61. The maximum absolute atomic E-state index is 11.9. The normalized spacial score (nSPS) is 11.9. The number of halogens is 2. The summed E-state index contributed by atoms with van der Waals surface area (Å²) in [6.45, 7) is 1.79. The van der Waals surface area contributed by atoms with Crippen molar-refractivity contribution in [2.24, 2.45) is 0 Å². The minimum absolute atomic E-state index is 0.110. The van der Waals surface area contributed by atoms with Crippen molar-refractivity contribution in [2.75, 3.05) is 0 Å². The van der Waals surface area contributed by atoms with Crippen LogP contribution in [0.25, 0.3) is 0 Å². The first-order chi connectivity index (χ1) is 8.42. The van der Waals surface area contributed by atoms with Gasteiger partial charge < -0.3 is 10.4 Å². The highest BCUT2D eigenvalue weighted by atomic mass is 35.5. The number of hydrogen-bond acceptors (Lipinski definition) is 3. The number of amides is 1. The van der Waals surface area contributed by atoms with E-state index in [1.54, 1.807) is 6.92 Å². The van der Waals surface area contributed by atoms with Crippen molar-refractivity contribution in [3.63, 3.8) is 0 Å². The van der Waals surface area contributed by atoms with Gasteiger partial charge in [-0.25, -0.2) is 4.98 Å². The highest BCUT2D eigenvalue weighted by Gasteiger charge is 2.16. The van der Waals surface area contributed by atoms with Crippen molar-refractivity contribution in [3.05, 3.63) is 28.0 Å². The summed E-state index contributed by atoms with van der Waals surface area (Å²) in [6, 6.07) is 2.31. The maximum atomic E-state index is 11.9. The van der Waals surface area contributed by atoms with Gasteiger partial charge in [0.15, 0.2) is 0 Å². The lowest BCUT2D eigenvalue weighted by molar-refractivity contribution is -0.137. The second kappa shape index (κ2) is 6.56. The molecule has 1 atom stereocenters. The van der Waals surface area contributed by atoms with Crippen molar-refractivity contribution < 1.29 is 14.7 Å². The SMILES string of the molecule is CCC(CC(=O)O)NC(=O)c1cc(Cl)nc(Cl)c1. The van der Waals surface area contributed by atoms with Gasteiger partial charge in [0, 0.05) is 11.6 Å². The Balaban J connectivity index is 2.77. The molecule has 7 heteroatoms.